The first-order valence-corrected chi connectivity index (χ1v) is 9.34. The van der Waals surface area contributed by atoms with Gasteiger partial charge in [-0.05, 0) is 29.3 Å². The second kappa shape index (κ2) is 6.01. The van der Waals surface area contributed by atoms with Gasteiger partial charge >= 0.3 is 0 Å². The Balaban J connectivity index is 1.69. The fourth-order valence-corrected chi connectivity index (χ4v) is 4.50. The van der Waals surface area contributed by atoms with Crippen molar-refractivity contribution in [2.45, 2.75) is 4.90 Å². The van der Waals surface area contributed by atoms with Gasteiger partial charge in [0.05, 0.1) is 16.6 Å². The Morgan fingerprint density at radius 1 is 1.00 bits per heavy atom. The Morgan fingerprint density at radius 3 is 2.50 bits per heavy atom. The summed E-state index contributed by atoms with van der Waals surface area (Å²) < 4.78 is 26.9. The molecule has 0 aliphatic carbocycles. The molecule has 1 aliphatic rings. The van der Waals surface area contributed by atoms with Crippen LogP contribution in [-0.2, 0) is 10.0 Å². The van der Waals surface area contributed by atoms with Gasteiger partial charge in [-0.15, -0.1) is 0 Å². The number of hydrogen-bond donors (Lipinski definition) is 2. The highest BCUT2D eigenvalue weighted by Gasteiger charge is 2.25. The first-order valence-electron chi connectivity index (χ1n) is 7.90. The molecule has 24 heavy (non-hydrogen) atoms. The largest absolute Gasteiger partial charge is 0.314 e. The van der Waals surface area contributed by atoms with Crippen LogP contribution in [0.2, 0.25) is 0 Å². The van der Waals surface area contributed by atoms with Crippen molar-refractivity contribution in [2.24, 2.45) is 0 Å². The molecule has 4 rings (SSSR count). The minimum Gasteiger partial charge on any atom is -0.314 e. The van der Waals surface area contributed by atoms with Crippen LogP contribution in [0.5, 0.6) is 0 Å². The van der Waals surface area contributed by atoms with Gasteiger partial charge in [-0.2, -0.15) is 9.40 Å². The van der Waals surface area contributed by atoms with E-state index in [4.69, 9.17) is 0 Å². The van der Waals surface area contributed by atoms with Crippen LogP contribution in [0.25, 0.3) is 22.0 Å². The number of piperazine rings is 1. The summed E-state index contributed by atoms with van der Waals surface area (Å²) in [6.07, 6.45) is 1.79. The van der Waals surface area contributed by atoms with E-state index in [1.807, 2.05) is 30.3 Å². The number of aromatic amines is 1. The molecule has 1 saturated heterocycles. The van der Waals surface area contributed by atoms with Gasteiger partial charge in [-0.25, -0.2) is 8.42 Å². The summed E-state index contributed by atoms with van der Waals surface area (Å²) in [6, 6.07) is 13.0. The zero-order valence-electron chi connectivity index (χ0n) is 13.1. The van der Waals surface area contributed by atoms with E-state index < -0.39 is 10.0 Å². The van der Waals surface area contributed by atoms with Crippen molar-refractivity contribution in [3.05, 3.63) is 48.7 Å². The molecule has 0 bridgehead atoms. The molecule has 2 N–H and O–H groups in total. The monoisotopic (exact) mass is 342 g/mol. The molecule has 124 valence electrons. The molecule has 0 amide bonds. The first kappa shape index (κ1) is 15.3. The highest BCUT2D eigenvalue weighted by atomic mass is 32.2. The van der Waals surface area contributed by atoms with Gasteiger partial charge in [-0.1, -0.05) is 24.3 Å². The summed E-state index contributed by atoms with van der Waals surface area (Å²) >= 11 is 0. The number of H-pyrrole nitrogens is 1. The van der Waals surface area contributed by atoms with E-state index in [0.29, 0.717) is 31.1 Å². The SMILES string of the molecule is O=S(=O)(c1ccc(-c2cccc3[nH]ncc23)cc1)N1CCNCC1. The van der Waals surface area contributed by atoms with Gasteiger partial charge in [0.1, 0.15) is 0 Å². The smallest absolute Gasteiger partial charge is 0.243 e. The maximum Gasteiger partial charge on any atom is 0.243 e. The highest BCUT2D eigenvalue weighted by Crippen LogP contribution is 2.28. The number of fused-ring (bicyclic) bond motifs is 1. The maximum atomic E-state index is 12.7. The summed E-state index contributed by atoms with van der Waals surface area (Å²) in [5.41, 5.74) is 2.97. The molecule has 7 heteroatoms. The lowest BCUT2D eigenvalue weighted by Gasteiger charge is -2.26. The van der Waals surface area contributed by atoms with Gasteiger partial charge in [0, 0.05) is 31.6 Å². The molecule has 1 fully saturated rings. The molecule has 1 aromatic heterocycles. The predicted octanol–water partition coefficient (Wildman–Crippen LogP) is 1.82. The van der Waals surface area contributed by atoms with E-state index in [1.165, 1.54) is 4.31 Å². The maximum absolute atomic E-state index is 12.7. The van der Waals surface area contributed by atoms with Gasteiger partial charge < -0.3 is 5.32 Å². The second-order valence-electron chi connectivity index (χ2n) is 5.82. The van der Waals surface area contributed by atoms with Crippen LogP contribution < -0.4 is 5.32 Å². The molecule has 3 aromatic rings. The molecule has 0 saturated carbocycles. The van der Waals surface area contributed by atoms with E-state index in [1.54, 1.807) is 18.3 Å². The predicted molar refractivity (Wildman–Crippen MR) is 93.2 cm³/mol. The van der Waals surface area contributed by atoms with Gasteiger partial charge in [0.2, 0.25) is 10.0 Å². The molecule has 0 spiro atoms. The van der Waals surface area contributed by atoms with Crippen molar-refractivity contribution in [1.82, 2.24) is 19.8 Å². The molecular weight excluding hydrogens is 324 g/mol. The van der Waals surface area contributed by atoms with Crippen LogP contribution in [0.4, 0.5) is 0 Å². The topological polar surface area (TPSA) is 78.1 Å². The lowest BCUT2D eigenvalue weighted by atomic mass is 10.0. The van der Waals surface area contributed by atoms with E-state index >= 15 is 0 Å². The summed E-state index contributed by atoms with van der Waals surface area (Å²) in [5, 5.41) is 11.2. The summed E-state index contributed by atoms with van der Waals surface area (Å²) in [7, 11) is -3.42. The minimum atomic E-state index is -3.42. The molecule has 0 radical (unpaired) electrons. The number of benzene rings is 2. The molecule has 1 aliphatic heterocycles. The lowest BCUT2D eigenvalue weighted by Crippen LogP contribution is -2.46. The van der Waals surface area contributed by atoms with E-state index in [0.717, 1.165) is 22.0 Å². The van der Waals surface area contributed by atoms with Gasteiger partial charge in [0.25, 0.3) is 0 Å². The van der Waals surface area contributed by atoms with Crippen molar-refractivity contribution in [3.63, 3.8) is 0 Å². The standard InChI is InChI=1S/C17H18N4O2S/c22-24(23,21-10-8-18-9-11-21)14-6-4-13(5-7-14)15-2-1-3-17-16(15)12-19-20-17/h1-7,12,18H,8-11H2,(H,19,20). The molecule has 0 atom stereocenters. The Kier molecular flexibility index (Phi) is 3.84. The van der Waals surface area contributed by atoms with E-state index in [9.17, 15) is 8.42 Å². The fraction of sp³-hybridized carbons (Fsp3) is 0.235. The number of aromatic nitrogens is 2. The third kappa shape index (κ3) is 2.60. The summed E-state index contributed by atoms with van der Waals surface area (Å²) in [4.78, 5) is 0.340. The second-order valence-corrected chi connectivity index (χ2v) is 7.75. The van der Waals surface area contributed by atoms with Crippen LogP contribution in [0.15, 0.2) is 53.6 Å². The third-order valence-electron chi connectivity index (χ3n) is 4.36. The van der Waals surface area contributed by atoms with Gasteiger partial charge in [-0.3, -0.25) is 5.10 Å². The van der Waals surface area contributed by atoms with Crippen LogP contribution in [0.1, 0.15) is 0 Å². The molecular formula is C17H18N4O2S. The van der Waals surface area contributed by atoms with Crippen molar-refractivity contribution < 1.29 is 8.42 Å². The van der Waals surface area contributed by atoms with Crippen molar-refractivity contribution >= 4 is 20.9 Å². The molecule has 6 nitrogen and oxygen atoms in total. The van der Waals surface area contributed by atoms with Crippen LogP contribution in [-0.4, -0.2) is 49.1 Å². The quantitative estimate of drug-likeness (QED) is 0.761. The fourth-order valence-electron chi connectivity index (χ4n) is 3.06. The number of sulfonamides is 1. The number of nitrogens with zero attached hydrogens (tertiary/aromatic N) is 2. The zero-order chi connectivity index (χ0) is 16.6. The normalized spacial score (nSPS) is 16.5. The third-order valence-corrected chi connectivity index (χ3v) is 6.28. The number of nitrogens with one attached hydrogen (secondary N) is 2. The number of hydrogen-bond acceptors (Lipinski definition) is 4. The highest BCUT2D eigenvalue weighted by molar-refractivity contribution is 7.89. The Morgan fingerprint density at radius 2 is 1.75 bits per heavy atom. The van der Waals surface area contributed by atoms with Crippen molar-refractivity contribution in [3.8, 4) is 11.1 Å². The van der Waals surface area contributed by atoms with Crippen molar-refractivity contribution in [1.29, 1.82) is 0 Å². The summed E-state index contributed by atoms with van der Waals surface area (Å²) in [6.45, 7) is 2.41. The molecule has 2 aromatic carbocycles. The number of rotatable bonds is 3. The summed E-state index contributed by atoms with van der Waals surface area (Å²) in [5.74, 6) is 0. The van der Waals surface area contributed by atoms with Crippen LogP contribution in [0, 0.1) is 0 Å². The van der Waals surface area contributed by atoms with Crippen LogP contribution >= 0.6 is 0 Å². The van der Waals surface area contributed by atoms with Crippen molar-refractivity contribution in [2.75, 3.05) is 26.2 Å². The van der Waals surface area contributed by atoms with E-state index in [-0.39, 0.29) is 0 Å². The Bertz CT molecular complexity index is 958. The minimum absolute atomic E-state index is 0.340. The molecule has 0 unspecified atom stereocenters. The average molecular weight is 342 g/mol. The first-order chi connectivity index (χ1) is 11.7. The molecule has 2 heterocycles. The lowest BCUT2D eigenvalue weighted by molar-refractivity contribution is 0.360. The van der Waals surface area contributed by atoms with Gasteiger partial charge in [0.15, 0.2) is 0 Å². The Labute approximate surface area is 140 Å². The zero-order valence-corrected chi connectivity index (χ0v) is 13.9. The van der Waals surface area contributed by atoms with Crippen LogP contribution in [0.3, 0.4) is 0 Å². The van der Waals surface area contributed by atoms with E-state index in [2.05, 4.69) is 15.5 Å². The average Bonchev–Trinajstić information content (AvgIpc) is 3.11. The Hall–Kier alpha value is -2.22.